The van der Waals surface area contributed by atoms with E-state index < -0.39 is 5.60 Å². The van der Waals surface area contributed by atoms with E-state index in [0.29, 0.717) is 19.1 Å². The minimum Gasteiger partial charge on any atom is -0.444 e. The first-order chi connectivity index (χ1) is 10.3. The maximum absolute atomic E-state index is 12.4. The van der Waals surface area contributed by atoms with Gasteiger partial charge in [0, 0.05) is 32.2 Å². The second-order valence-corrected chi connectivity index (χ2v) is 7.62. The number of amides is 3. The van der Waals surface area contributed by atoms with Gasteiger partial charge in [-0.1, -0.05) is 0 Å². The number of piperidine rings is 1. The lowest BCUT2D eigenvalue weighted by Crippen LogP contribution is -2.49. The van der Waals surface area contributed by atoms with Crippen molar-refractivity contribution in [1.82, 2.24) is 14.7 Å². The monoisotopic (exact) mass is 309 g/mol. The Bertz CT molecular complexity index is 452. The van der Waals surface area contributed by atoms with E-state index >= 15 is 0 Å². The summed E-state index contributed by atoms with van der Waals surface area (Å²) >= 11 is 0. The number of carbonyl (C=O) groups is 2. The first-order valence-corrected chi connectivity index (χ1v) is 8.40. The molecule has 1 unspecified atom stereocenters. The van der Waals surface area contributed by atoms with Crippen LogP contribution in [0.2, 0.25) is 0 Å². The molecule has 22 heavy (non-hydrogen) atoms. The number of hydrogen-bond acceptors (Lipinski definition) is 3. The summed E-state index contributed by atoms with van der Waals surface area (Å²) in [5.74, 6) is 0. The van der Waals surface area contributed by atoms with E-state index in [-0.39, 0.29) is 18.2 Å². The number of urea groups is 1. The fraction of sp³-hybridized carbons (Fsp3) is 0.875. The first kappa shape index (κ1) is 15.4. The number of nitrogens with zero attached hydrogens (tertiary/aromatic N) is 3. The summed E-state index contributed by atoms with van der Waals surface area (Å²) in [5, 5.41) is 0. The molecule has 3 rings (SSSR count). The second-order valence-electron chi connectivity index (χ2n) is 7.62. The van der Waals surface area contributed by atoms with Crippen molar-refractivity contribution in [1.29, 1.82) is 0 Å². The average molecular weight is 309 g/mol. The van der Waals surface area contributed by atoms with Crippen molar-refractivity contribution in [2.75, 3.05) is 26.2 Å². The van der Waals surface area contributed by atoms with Crippen LogP contribution in [0.1, 0.15) is 46.5 Å². The Morgan fingerprint density at radius 1 is 1.05 bits per heavy atom. The Morgan fingerprint density at radius 2 is 1.73 bits per heavy atom. The average Bonchev–Trinajstić information content (AvgIpc) is 3.01. The molecule has 0 aromatic rings. The Balaban J connectivity index is 1.52. The fourth-order valence-corrected chi connectivity index (χ4v) is 3.74. The standard InChI is InChI=1S/C16H27N3O3/c1-16(2,3)22-15(21)17-9-6-12(7-10-17)19-11-13-5-4-8-18(13)14(19)20/h12-13H,4-11H2,1-3H3. The van der Waals surface area contributed by atoms with Crippen LogP contribution in [0.25, 0.3) is 0 Å². The molecule has 124 valence electrons. The van der Waals surface area contributed by atoms with Gasteiger partial charge in [0.25, 0.3) is 0 Å². The van der Waals surface area contributed by atoms with E-state index in [9.17, 15) is 9.59 Å². The van der Waals surface area contributed by atoms with Crippen LogP contribution in [0.5, 0.6) is 0 Å². The summed E-state index contributed by atoms with van der Waals surface area (Å²) in [5.41, 5.74) is -0.455. The van der Waals surface area contributed by atoms with Crippen molar-refractivity contribution >= 4 is 12.1 Å². The lowest BCUT2D eigenvalue weighted by molar-refractivity contribution is 0.0169. The van der Waals surface area contributed by atoms with Crippen LogP contribution >= 0.6 is 0 Å². The molecule has 3 fully saturated rings. The van der Waals surface area contributed by atoms with Gasteiger partial charge in [-0.2, -0.15) is 0 Å². The van der Waals surface area contributed by atoms with Gasteiger partial charge in [-0.25, -0.2) is 9.59 Å². The van der Waals surface area contributed by atoms with Crippen LogP contribution in [0.15, 0.2) is 0 Å². The topological polar surface area (TPSA) is 53.1 Å². The maximum Gasteiger partial charge on any atom is 0.410 e. The van der Waals surface area contributed by atoms with Crippen LogP contribution < -0.4 is 0 Å². The summed E-state index contributed by atoms with van der Waals surface area (Å²) in [4.78, 5) is 30.3. The minimum atomic E-state index is -0.455. The van der Waals surface area contributed by atoms with Gasteiger partial charge in [0.05, 0.1) is 6.04 Å². The molecule has 3 heterocycles. The largest absolute Gasteiger partial charge is 0.444 e. The van der Waals surface area contributed by atoms with E-state index in [1.807, 2.05) is 30.6 Å². The van der Waals surface area contributed by atoms with Crippen LogP contribution in [0, 0.1) is 0 Å². The van der Waals surface area contributed by atoms with E-state index in [1.165, 1.54) is 0 Å². The van der Waals surface area contributed by atoms with Gasteiger partial charge in [0.15, 0.2) is 0 Å². The molecule has 6 heteroatoms. The highest BCUT2D eigenvalue weighted by Gasteiger charge is 2.43. The Hall–Kier alpha value is -1.46. The highest BCUT2D eigenvalue weighted by molar-refractivity contribution is 5.78. The lowest BCUT2D eigenvalue weighted by atomic mass is 10.0. The molecule has 3 saturated heterocycles. The van der Waals surface area contributed by atoms with Crippen molar-refractivity contribution < 1.29 is 14.3 Å². The van der Waals surface area contributed by atoms with Crippen LogP contribution in [-0.4, -0.2) is 70.7 Å². The molecule has 0 aliphatic carbocycles. The van der Waals surface area contributed by atoms with Crippen molar-refractivity contribution in [3.63, 3.8) is 0 Å². The van der Waals surface area contributed by atoms with Crippen molar-refractivity contribution in [3.8, 4) is 0 Å². The van der Waals surface area contributed by atoms with Gasteiger partial charge in [0.2, 0.25) is 0 Å². The van der Waals surface area contributed by atoms with E-state index in [4.69, 9.17) is 4.74 Å². The summed E-state index contributed by atoms with van der Waals surface area (Å²) in [6.45, 7) is 8.78. The predicted molar refractivity (Wildman–Crippen MR) is 82.7 cm³/mol. The normalized spacial score (nSPS) is 26.6. The molecule has 0 saturated carbocycles. The molecule has 1 atom stereocenters. The van der Waals surface area contributed by atoms with Gasteiger partial charge in [0.1, 0.15) is 5.60 Å². The zero-order valence-electron chi connectivity index (χ0n) is 13.9. The van der Waals surface area contributed by atoms with Gasteiger partial charge >= 0.3 is 12.1 Å². The number of hydrogen-bond donors (Lipinski definition) is 0. The molecule has 6 nitrogen and oxygen atoms in total. The lowest BCUT2D eigenvalue weighted by Gasteiger charge is -2.37. The molecular formula is C16H27N3O3. The highest BCUT2D eigenvalue weighted by atomic mass is 16.6. The third-order valence-electron chi connectivity index (χ3n) is 4.83. The third kappa shape index (κ3) is 3.01. The Labute approximate surface area is 132 Å². The van der Waals surface area contributed by atoms with E-state index in [2.05, 4.69) is 0 Å². The van der Waals surface area contributed by atoms with Crippen molar-refractivity contribution in [3.05, 3.63) is 0 Å². The summed E-state index contributed by atoms with van der Waals surface area (Å²) in [6, 6.07) is 0.909. The fourth-order valence-electron chi connectivity index (χ4n) is 3.74. The number of rotatable bonds is 1. The Kier molecular flexibility index (Phi) is 3.95. The second kappa shape index (κ2) is 5.63. The molecule has 0 spiro atoms. The number of fused-ring (bicyclic) bond motifs is 1. The van der Waals surface area contributed by atoms with Crippen LogP contribution in [0.4, 0.5) is 9.59 Å². The van der Waals surface area contributed by atoms with Gasteiger partial charge in [-0.3, -0.25) is 0 Å². The number of likely N-dealkylation sites (tertiary alicyclic amines) is 1. The summed E-state index contributed by atoms with van der Waals surface area (Å²) in [7, 11) is 0. The predicted octanol–water partition coefficient (Wildman–Crippen LogP) is 2.29. The third-order valence-corrected chi connectivity index (χ3v) is 4.83. The van der Waals surface area contributed by atoms with Crippen LogP contribution in [0.3, 0.4) is 0 Å². The molecule has 3 aliphatic heterocycles. The van der Waals surface area contributed by atoms with E-state index in [0.717, 1.165) is 38.8 Å². The van der Waals surface area contributed by atoms with E-state index in [1.54, 1.807) is 4.90 Å². The molecular weight excluding hydrogens is 282 g/mol. The van der Waals surface area contributed by atoms with Gasteiger partial charge in [-0.05, 0) is 46.5 Å². The molecule has 0 aromatic heterocycles. The minimum absolute atomic E-state index is 0.207. The highest BCUT2D eigenvalue weighted by Crippen LogP contribution is 2.30. The smallest absolute Gasteiger partial charge is 0.410 e. The molecule has 3 amide bonds. The molecule has 0 aromatic carbocycles. The first-order valence-electron chi connectivity index (χ1n) is 8.40. The van der Waals surface area contributed by atoms with Gasteiger partial charge < -0.3 is 19.4 Å². The summed E-state index contributed by atoms with van der Waals surface area (Å²) < 4.78 is 5.42. The summed E-state index contributed by atoms with van der Waals surface area (Å²) in [6.07, 6.45) is 3.75. The zero-order valence-corrected chi connectivity index (χ0v) is 13.9. The van der Waals surface area contributed by atoms with Crippen molar-refractivity contribution in [2.24, 2.45) is 0 Å². The quantitative estimate of drug-likeness (QED) is 0.747. The Morgan fingerprint density at radius 3 is 2.32 bits per heavy atom. The SMILES string of the molecule is CC(C)(C)OC(=O)N1CCC(N2CC3CCCN3C2=O)CC1. The van der Waals surface area contributed by atoms with Gasteiger partial charge in [-0.15, -0.1) is 0 Å². The zero-order chi connectivity index (χ0) is 15.9. The molecule has 3 aliphatic rings. The number of carbonyl (C=O) groups excluding carboxylic acids is 2. The molecule has 0 bridgehead atoms. The number of ether oxygens (including phenoxy) is 1. The molecule has 0 radical (unpaired) electrons. The van der Waals surface area contributed by atoms with Crippen molar-refractivity contribution in [2.45, 2.75) is 64.1 Å². The molecule has 0 N–H and O–H groups in total. The maximum atomic E-state index is 12.4. The van der Waals surface area contributed by atoms with Crippen LogP contribution in [-0.2, 0) is 4.74 Å².